The molecular weight excluding hydrogens is 242 g/mol. The first kappa shape index (κ1) is 13.4. The molecule has 5 heteroatoms. The van der Waals surface area contributed by atoms with Crippen molar-refractivity contribution in [3.05, 3.63) is 29.8 Å². The first-order chi connectivity index (χ1) is 9.13. The molecule has 1 fully saturated rings. The van der Waals surface area contributed by atoms with Gasteiger partial charge in [0, 0.05) is 19.0 Å². The number of hydrogen-bond acceptors (Lipinski definition) is 3. The van der Waals surface area contributed by atoms with Crippen LogP contribution in [0, 0.1) is 11.3 Å². The zero-order valence-corrected chi connectivity index (χ0v) is 11.1. The number of amidine groups is 1. The van der Waals surface area contributed by atoms with Crippen LogP contribution in [0.3, 0.4) is 0 Å². The summed E-state index contributed by atoms with van der Waals surface area (Å²) in [5.74, 6) is 0.672. The molecule has 1 aliphatic rings. The van der Waals surface area contributed by atoms with Gasteiger partial charge in [-0.05, 0) is 25.0 Å². The molecule has 0 radical (unpaired) electrons. The van der Waals surface area contributed by atoms with Crippen molar-refractivity contribution in [2.24, 2.45) is 11.7 Å². The summed E-state index contributed by atoms with van der Waals surface area (Å²) in [6.07, 6.45) is 1.76. The Labute approximate surface area is 112 Å². The lowest BCUT2D eigenvalue weighted by molar-refractivity contribution is 0.0699. The van der Waals surface area contributed by atoms with E-state index in [0.29, 0.717) is 24.4 Å². The highest BCUT2D eigenvalue weighted by Gasteiger charge is 2.27. The summed E-state index contributed by atoms with van der Waals surface area (Å²) >= 11 is 0. The Hall–Kier alpha value is -2.04. The van der Waals surface area contributed by atoms with Crippen LogP contribution in [0.2, 0.25) is 0 Å². The number of nitrogens with zero attached hydrogens (tertiary/aromatic N) is 1. The fourth-order valence-corrected chi connectivity index (χ4v) is 2.41. The van der Waals surface area contributed by atoms with Gasteiger partial charge >= 0.3 is 0 Å². The highest BCUT2D eigenvalue weighted by molar-refractivity contribution is 5.97. The molecule has 0 aliphatic carbocycles. The lowest BCUT2D eigenvalue weighted by atomic mass is 9.96. The summed E-state index contributed by atoms with van der Waals surface area (Å²) in [6, 6.07) is 7.20. The van der Waals surface area contributed by atoms with Gasteiger partial charge in [0.1, 0.15) is 5.75 Å². The first-order valence-electron chi connectivity index (χ1n) is 6.39. The van der Waals surface area contributed by atoms with E-state index in [1.807, 2.05) is 12.1 Å². The zero-order chi connectivity index (χ0) is 13.8. The van der Waals surface area contributed by atoms with Crippen LogP contribution in [-0.4, -0.2) is 36.8 Å². The van der Waals surface area contributed by atoms with E-state index in [0.717, 1.165) is 12.8 Å². The van der Waals surface area contributed by atoms with Crippen LogP contribution in [-0.2, 0) is 0 Å². The minimum absolute atomic E-state index is 0.0209. The summed E-state index contributed by atoms with van der Waals surface area (Å²) in [6.45, 7) is 1.23. The number of rotatable bonds is 3. The number of ether oxygens (including phenoxy) is 1. The molecule has 0 bridgehead atoms. The molecule has 0 saturated carbocycles. The van der Waals surface area contributed by atoms with E-state index in [9.17, 15) is 4.79 Å². The zero-order valence-electron chi connectivity index (χ0n) is 11.1. The molecule has 1 atom stereocenters. The van der Waals surface area contributed by atoms with Gasteiger partial charge in [0.05, 0.1) is 18.5 Å². The van der Waals surface area contributed by atoms with Gasteiger partial charge in [-0.15, -0.1) is 0 Å². The number of amides is 1. The minimum atomic E-state index is -0.0524. The maximum atomic E-state index is 12.5. The Morgan fingerprint density at radius 3 is 2.89 bits per heavy atom. The fourth-order valence-electron chi connectivity index (χ4n) is 2.41. The molecule has 19 heavy (non-hydrogen) atoms. The quantitative estimate of drug-likeness (QED) is 0.639. The SMILES string of the molecule is COc1ccccc1C(=O)N1CCC[C@@H](C(=N)N)C1. The Kier molecular flexibility index (Phi) is 4.04. The molecule has 5 nitrogen and oxygen atoms in total. The van der Waals surface area contributed by atoms with E-state index >= 15 is 0 Å². The number of benzene rings is 1. The topological polar surface area (TPSA) is 79.4 Å². The van der Waals surface area contributed by atoms with Crippen LogP contribution in [0.4, 0.5) is 0 Å². The van der Waals surface area contributed by atoms with Crippen molar-refractivity contribution in [1.82, 2.24) is 4.90 Å². The molecule has 0 aromatic heterocycles. The van der Waals surface area contributed by atoms with Crippen molar-refractivity contribution in [1.29, 1.82) is 5.41 Å². The van der Waals surface area contributed by atoms with Gasteiger partial charge in [0.25, 0.3) is 5.91 Å². The smallest absolute Gasteiger partial charge is 0.257 e. The molecule has 1 aromatic rings. The number of carbonyl (C=O) groups is 1. The van der Waals surface area contributed by atoms with Gasteiger partial charge in [-0.3, -0.25) is 10.2 Å². The van der Waals surface area contributed by atoms with Crippen LogP contribution in [0.15, 0.2) is 24.3 Å². The van der Waals surface area contributed by atoms with Gasteiger partial charge in [0.2, 0.25) is 0 Å². The molecule has 0 spiro atoms. The van der Waals surface area contributed by atoms with Gasteiger partial charge in [-0.1, -0.05) is 12.1 Å². The molecule has 2 rings (SSSR count). The highest BCUT2D eigenvalue weighted by Crippen LogP contribution is 2.23. The molecule has 1 aliphatic heterocycles. The maximum Gasteiger partial charge on any atom is 0.257 e. The first-order valence-corrected chi connectivity index (χ1v) is 6.39. The highest BCUT2D eigenvalue weighted by atomic mass is 16.5. The molecular formula is C14H19N3O2. The lowest BCUT2D eigenvalue weighted by Crippen LogP contribution is -2.44. The molecule has 3 N–H and O–H groups in total. The molecule has 1 aromatic carbocycles. The van der Waals surface area contributed by atoms with E-state index in [2.05, 4.69) is 0 Å². The third-order valence-electron chi connectivity index (χ3n) is 3.49. The monoisotopic (exact) mass is 261 g/mol. The molecule has 1 amide bonds. The summed E-state index contributed by atoms with van der Waals surface area (Å²) in [5.41, 5.74) is 6.11. The predicted octanol–water partition coefficient (Wildman–Crippen LogP) is 1.48. The molecule has 1 heterocycles. The average molecular weight is 261 g/mol. The second kappa shape index (κ2) is 5.73. The molecule has 0 unspecified atom stereocenters. The van der Waals surface area contributed by atoms with E-state index in [4.69, 9.17) is 15.9 Å². The second-order valence-corrected chi connectivity index (χ2v) is 4.75. The maximum absolute atomic E-state index is 12.5. The predicted molar refractivity (Wildman–Crippen MR) is 73.5 cm³/mol. The third kappa shape index (κ3) is 2.86. The Balaban J connectivity index is 2.17. The van der Waals surface area contributed by atoms with Gasteiger partial charge in [-0.2, -0.15) is 0 Å². The number of nitrogens with one attached hydrogen (secondary N) is 1. The van der Waals surface area contributed by atoms with Crippen LogP contribution >= 0.6 is 0 Å². The van der Waals surface area contributed by atoms with Crippen LogP contribution in [0.5, 0.6) is 5.75 Å². The van der Waals surface area contributed by atoms with Crippen LogP contribution in [0.25, 0.3) is 0 Å². The van der Waals surface area contributed by atoms with E-state index in [-0.39, 0.29) is 17.7 Å². The van der Waals surface area contributed by atoms with E-state index < -0.39 is 0 Å². The summed E-state index contributed by atoms with van der Waals surface area (Å²) in [5, 5.41) is 7.52. The standard InChI is InChI=1S/C14H19N3O2/c1-19-12-7-3-2-6-11(12)14(18)17-8-4-5-10(9-17)13(15)16/h2-3,6-7,10H,4-5,8-9H2,1H3,(H3,15,16)/t10-/m1/s1. The van der Waals surface area contributed by atoms with Crippen LogP contribution < -0.4 is 10.5 Å². The van der Waals surface area contributed by atoms with Crippen LogP contribution in [0.1, 0.15) is 23.2 Å². The van der Waals surface area contributed by atoms with Crippen molar-refractivity contribution in [3.8, 4) is 5.75 Å². The minimum Gasteiger partial charge on any atom is -0.496 e. The molecule has 102 valence electrons. The number of methoxy groups -OCH3 is 1. The average Bonchev–Trinajstić information content (AvgIpc) is 2.46. The largest absolute Gasteiger partial charge is 0.496 e. The van der Waals surface area contributed by atoms with Crippen molar-refractivity contribution < 1.29 is 9.53 Å². The van der Waals surface area contributed by atoms with E-state index in [1.165, 1.54) is 0 Å². The van der Waals surface area contributed by atoms with Crippen molar-refractivity contribution in [2.45, 2.75) is 12.8 Å². The number of hydrogen-bond donors (Lipinski definition) is 2. The van der Waals surface area contributed by atoms with Gasteiger partial charge < -0.3 is 15.4 Å². The summed E-state index contributed by atoms with van der Waals surface area (Å²) in [7, 11) is 1.56. The summed E-state index contributed by atoms with van der Waals surface area (Å²) in [4.78, 5) is 14.2. The van der Waals surface area contributed by atoms with Gasteiger partial charge in [-0.25, -0.2) is 0 Å². The number of para-hydroxylation sites is 1. The Morgan fingerprint density at radius 1 is 1.47 bits per heavy atom. The number of carbonyl (C=O) groups excluding carboxylic acids is 1. The van der Waals surface area contributed by atoms with Gasteiger partial charge in [0.15, 0.2) is 0 Å². The lowest BCUT2D eigenvalue weighted by Gasteiger charge is -2.32. The number of nitrogens with two attached hydrogens (primary N) is 1. The molecule has 1 saturated heterocycles. The van der Waals surface area contributed by atoms with Crippen molar-refractivity contribution in [2.75, 3.05) is 20.2 Å². The fraction of sp³-hybridized carbons (Fsp3) is 0.429. The number of likely N-dealkylation sites (tertiary alicyclic amines) is 1. The normalized spacial score (nSPS) is 19.0. The third-order valence-corrected chi connectivity index (χ3v) is 3.49. The second-order valence-electron chi connectivity index (χ2n) is 4.75. The number of piperidine rings is 1. The Bertz CT molecular complexity index is 487. The summed E-state index contributed by atoms with van der Waals surface area (Å²) < 4.78 is 5.22. The van der Waals surface area contributed by atoms with E-state index in [1.54, 1.807) is 24.1 Å². The van der Waals surface area contributed by atoms with Crippen molar-refractivity contribution in [3.63, 3.8) is 0 Å². The van der Waals surface area contributed by atoms with Crippen molar-refractivity contribution >= 4 is 11.7 Å². The Morgan fingerprint density at radius 2 is 2.21 bits per heavy atom.